The van der Waals surface area contributed by atoms with Crippen LogP contribution in [0.1, 0.15) is 5.69 Å². The monoisotopic (exact) mass is 215 g/mol. The number of hydrogen-bond donors (Lipinski definition) is 1. The molecule has 0 atom stereocenters. The first-order chi connectivity index (χ1) is 6.52. The van der Waals surface area contributed by atoms with Gasteiger partial charge in [0.1, 0.15) is 0 Å². The normalized spacial score (nSPS) is 10.2. The van der Waals surface area contributed by atoms with Crippen LogP contribution in [0.15, 0.2) is 11.4 Å². The molecular weight excluding hydrogens is 202 g/mol. The third-order valence-corrected chi connectivity index (χ3v) is 2.53. The lowest BCUT2D eigenvalue weighted by Gasteiger charge is -2.18. The highest BCUT2D eigenvalue weighted by Crippen LogP contribution is 2.17. The van der Waals surface area contributed by atoms with Crippen molar-refractivity contribution in [3.8, 4) is 0 Å². The predicted octanol–water partition coefficient (Wildman–Crippen LogP) is 0.566. The number of imidazole rings is 1. The third-order valence-electron chi connectivity index (χ3n) is 1.60. The van der Waals surface area contributed by atoms with Crippen molar-refractivity contribution in [2.45, 2.75) is 12.1 Å². The summed E-state index contributed by atoms with van der Waals surface area (Å²) in [7, 11) is 3.78. The van der Waals surface area contributed by atoms with Crippen molar-refractivity contribution in [1.82, 2.24) is 9.66 Å². The quantitative estimate of drug-likeness (QED) is 0.744. The van der Waals surface area contributed by atoms with Gasteiger partial charge in [0.05, 0.1) is 17.6 Å². The Morgan fingerprint density at radius 3 is 2.86 bits per heavy atom. The van der Waals surface area contributed by atoms with Crippen molar-refractivity contribution in [2.24, 2.45) is 0 Å². The lowest BCUT2D eigenvalue weighted by Crippen LogP contribution is -2.26. The number of carboxylic acid groups (broad SMARTS) is 1. The Bertz CT molecular complexity index is 335. The van der Waals surface area contributed by atoms with Gasteiger partial charge in [-0.1, -0.05) is 11.8 Å². The molecule has 0 amide bonds. The number of thioether (sulfide) groups is 1. The van der Waals surface area contributed by atoms with E-state index in [1.165, 1.54) is 11.8 Å². The lowest BCUT2D eigenvalue weighted by molar-refractivity contribution is -0.133. The fraction of sp³-hybridized carbons (Fsp3) is 0.500. The fourth-order valence-corrected chi connectivity index (χ4v) is 1.93. The molecule has 0 aliphatic carbocycles. The molecular formula is C8H13N3O2S. The van der Waals surface area contributed by atoms with E-state index in [1.807, 2.05) is 30.7 Å². The van der Waals surface area contributed by atoms with Crippen LogP contribution in [0.25, 0.3) is 0 Å². The predicted molar refractivity (Wildman–Crippen MR) is 55.4 cm³/mol. The minimum atomic E-state index is -0.832. The van der Waals surface area contributed by atoms with Crippen LogP contribution in [0, 0.1) is 6.92 Å². The van der Waals surface area contributed by atoms with Crippen molar-refractivity contribution in [2.75, 3.05) is 24.9 Å². The van der Waals surface area contributed by atoms with Gasteiger partial charge in [-0.3, -0.25) is 4.79 Å². The molecule has 0 fully saturated rings. The van der Waals surface area contributed by atoms with Crippen molar-refractivity contribution >= 4 is 17.7 Å². The van der Waals surface area contributed by atoms with Gasteiger partial charge in [-0.25, -0.2) is 9.66 Å². The molecule has 0 saturated carbocycles. The van der Waals surface area contributed by atoms with E-state index in [9.17, 15) is 4.79 Å². The van der Waals surface area contributed by atoms with Crippen LogP contribution in [-0.4, -0.2) is 40.6 Å². The molecule has 0 aliphatic rings. The van der Waals surface area contributed by atoms with E-state index in [-0.39, 0.29) is 5.75 Å². The molecule has 1 rings (SSSR count). The molecule has 0 bridgehead atoms. The molecule has 0 radical (unpaired) electrons. The van der Waals surface area contributed by atoms with Crippen LogP contribution in [0.4, 0.5) is 0 Å². The first kappa shape index (κ1) is 10.9. The van der Waals surface area contributed by atoms with Crippen LogP contribution < -0.4 is 5.01 Å². The third kappa shape index (κ3) is 2.41. The summed E-state index contributed by atoms with van der Waals surface area (Å²) < 4.78 is 1.87. The fourth-order valence-electron chi connectivity index (χ4n) is 1.12. The van der Waals surface area contributed by atoms with E-state index in [2.05, 4.69) is 4.98 Å². The van der Waals surface area contributed by atoms with E-state index >= 15 is 0 Å². The number of rotatable bonds is 4. The highest BCUT2D eigenvalue weighted by Gasteiger charge is 2.10. The Labute approximate surface area is 86.7 Å². The van der Waals surface area contributed by atoms with Crippen LogP contribution in [0.5, 0.6) is 0 Å². The Kier molecular flexibility index (Phi) is 3.40. The molecule has 1 aromatic heterocycles. The van der Waals surface area contributed by atoms with Crippen molar-refractivity contribution in [1.29, 1.82) is 0 Å². The minimum Gasteiger partial charge on any atom is -0.481 e. The molecule has 78 valence electrons. The van der Waals surface area contributed by atoms with Gasteiger partial charge in [0.2, 0.25) is 0 Å². The van der Waals surface area contributed by atoms with Crippen LogP contribution in [0.3, 0.4) is 0 Å². The number of carbonyl (C=O) groups is 1. The summed E-state index contributed by atoms with van der Waals surface area (Å²) in [5.74, 6) is -0.800. The molecule has 0 saturated heterocycles. The Hall–Kier alpha value is -1.17. The number of aliphatic carboxylic acids is 1. The molecule has 5 nitrogen and oxygen atoms in total. The average molecular weight is 215 g/mol. The summed E-state index contributed by atoms with van der Waals surface area (Å²) in [6.07, 6.45) is 1.73. The summed E-state index contributed by atoms with van der Waals surface area (Å²) in [6.45, 7) is 1.93. The van der Waals surface area contributed by atoms with Crippen LogP contribution in [-0.2, 0) is 4.79 Å². The van der Waals surface area contributed by atoms with E-state index in [1.54, 1.807) is 6.20 Å². The van der Waals surface area contributed by atoms with Gasteiger partial charge in [0.15, 0.2) is 5.16 Å². The molecule has 0 unspecified atom stereocenters. The molecule has 1 aromatic rings. The second-order valence-electron chi connectivity index (χ2n) is 3.02. The second-order valence-corrected chi connectivity index (χ2v) is 3.97. The van der Waals surface area contributed by atoms with E-state index in [4.69, 9.17) is 5.11 Å². The van der Waals surface area contributed by atoms with Gasteiger partial charge >= 0.3 is 5.97 Å². The van der Waals surface area contributed by atoms with Gasteiger partial charge in [-0.05, 0) is 6.92 Å². The maximum absolute atomic E-state index is 10.4. The summed E-state index contributed by atoms with van der Waals surface area (Å²) in [4.78, 5) is 14.5. The zero-order valence-corrected chi connectivity index (χ0v) is 9.21. The molecule has 1 heterocycles. The van der Waals surface area contributed by atoms with E-state index < -0.39 is 5.97 Å². The first-order valence-electron chi connectivity index (χ1n) is 4.09. The van der Waals surface area contributed by atoms with Gasteiger partial charge in [0.25, 0.3) is 0 Å². The molecule has 6 heteroatoms. The number of hydrogen-bond acceptors (Lipinski definition) is 4. The number of carboxylic acids is 1. The maximum Gasteiger partial charge on any atom is 0.313 e. The lowest BCUT2D eigenvalue weighted by atomic mass is 10.6. The second kappa shape index (κ2) is 4.36. The SMILES string of the molecule is Cc1cnc(SCC(=O)O)n1N(C)C. The van der Waals surface area contributed by atoms with E-state index in [0.717, 1.165) is 5.69 Å². The van der Waals surface area contributed by atoms with Crippen molar-refractivity contribution in [3.63, 3.8) is 0 Å². The van der Waals surface area contributed by atoms with Crippen molar-refractivity contribution in [3.05, 3.63) is 11.9 Å². The van der Waals surface area contributed by atoms with Crippen LogP contribution in [0.2, 0.25) is 0 Å². The molecule has 0 aliphatic heterocycles. The highest BCUT2D eigenvalue weighted by molar-refractivity contribution is 7.99. The van der Waals surface area contributed by atoms with Gasteiger partial charge in [-0.15, -0.1) is 0 Å². The standard InChI is InChI=1S/C8H13N3O2S/c1-6-4-9-8(11(6)10(2)3)14-5-7(12)13/h4H,5H2,1-3H3,(H,12,13). The summed E-state index contributed by atoms with van der Waals surface area (Å²) >= 11 is 1.21. The molecule has 0 spiro atoms. The highest BCUT2D eigenvalue weighted by atomic mass is 32.2. The van der Waals surface area contributed by atoms with Gasteiger partial charge < -0.3 is 10.1 Å². The molecule has 1 N–H and O–H groups in total. The number of nitrogens with zero attached hydrogens (tertiary/aromatic N) is 3. The summed E-state index contributed by atoms with van der Waals surface area (Å²) in [5, 5.41) is 11.1. The average Bonchev–Trinajstić information content (AvgIpc) is 2.43. The van der Waals surface area contributed by atoms with E-state index in [0.29, 0.717) is 5.16 Å². The van der Waals surface area contributed by atoms with Gasteiger partial charge in [-0.2, -0.15) is 0 Å². The molecule has 14 heavy (non-hydrogen) atoms. The maximum atomic E-state index is 10.4. The molecule has 0 aromatic carbocycles. The van der Waals surface area contributed by atoms with Gasteiger partial charge in [0, 0.05) is 14.1 Å². The van der Waals surface area contributed by atoms with Crippen molar-refractivity contribution < 1.29 is 9.90 Å². The largest absolute Gasteiger partial charge is 0.481 e. The first-order valence-corrected chi connectivity index (χ1v) is 5.07. The Morgan fingerprint density at radius 1 is 1.71 bits per heavy atom. The zero-order chi connectivity index (χ0) is 10.7. The minimum absolute atomic E-state index is 0.0320. The Morgan fingerprint density at radius 2 is 2.36 bits per heavy atom. The topological polar surface area (TPSA) is 58.4 Å². The Balaban J connectivity index is 2.81. The number of aryl methyl sites for hydroxylation is 1. The zero-order valence-electron chi connectivity index (χ0n) is 8.39. The summed E-state index contributed by atoms with van der Waals surface area (Å²) in [6, 6.07) is 0. The summed E-state index contributed by atoms with van der Waals surface area (Å²) in [5.41, 5.74) is 0.989. The smallest absolute Gasteiger partial charge is 0.313 e. The number of aromatic nitrogens is 2. The van der Waals surface area contributed by atoms with Crippen LogP contribution >= 0.6 is 11.8 Å².